The van der Waals surface area contributed by atoms with Crippen molar-refractivity contribution in [2.45, 2.75) is 76.0 Å². The molecular weight excluding hydrogens is 768 g/mol. The third kappa shape index (κ3) is 7.10. The second-order valence-electron chi connectivity index (χ2n) is 17.4. The molecule has 3 aromatic rings. The van der Waals surface area contributed by atoms with Gasteiger partial charge in [-0.05, 0) is 112 Å². The van der Waals surface area contributed by atoms with Gasteiger partial charge in [0.25, 0.3) is 17.7 Å². The Kier molecular flexibility index (Phi) is 10.1. The summed E-state index contributed by atoms with van der Waals surface area (Å²) < 4.78 is 0. The summed E-state index contributed by atoms with van der Waals surface area (Å²) in [6.07, 6.45) is 5.38. The average Bonchev–Trinajstić information content (AvgIpc) is 3.68. The Balaban J connectivity index is 0.733. The summed E-state index contributed by atoms with van der Waals surface area (Å²) >= 11 is 6.38. The number of hydrogen-bond donors (Lipinski definition) is 1. The standard InChI is InChI=1S/C45H49ClN8O5/c1-28-23-45(27-53(28)34-8-5-30(24-47)38(46)22-34)15-19-50(20-16-45)31-6-3-29(4-7-31)42(57)51-17-13-32(14-18-51)52-25-35(26-52)49(2)33-9-10-36-37(21-33)44(59)54(43(36)58)39-11-12-40(55)48-41(39)56/h3-10,21-22,28,32,35,39H,11-20,23,25-27H2,1-2H3,(H,48,55,56)/t28-,39?/m0/s1. The van der Waals surface area contributed by atoms with E-state index in [0.29, 0.717) is 35.8 Å². The second-order valence-corrected chi connectivity index (χ2v) is 17.8. The van der Waals surface area contributed by atoms with Gasteiger partial charge in [-0.25, -0.2) is 0 Å². The molecular formula is C45H49ClN8O5. The molecule has 0 saturated carbocycles. The number of hydrogen-bond acceptors (Lipinski definition) is 10. The van der Waals surface area contributed by atoms with Crippen molar-refractivity contribution in [1.29, 1.82) is 5.26 Å². The van der Waals surface area contributed by atoms with E-state index in [-0.39, 0.29) is 41.3 Å². The lowest BCUT2D eigenvalue weighted by Crippen LogP contribution is -2.63. The van der Waals surface area contributed by atoms with E-state index in [4.69, 9.17) is 11.6 Å². The van der Waals surface area contributed by atoms with Crippen LogP contribution >= 0.6 is 11.6 Å². The smallest absolute Gasteiger partial charge is 0.262 e. The number of nitriles is 1. The zero-order chi connectivity index (χ0) is 41.2. The van der Waals surface area contributed by atoms with Gasteiger partial charge in [-0.1, -0.05) is 11.6 Å². The van der Waals surface area contributed by atoms with Gasteiger partial charge < -0.3 is 19.6 Å². The minimum absolute atomic E-state index is 0.0811. The lowest BCUT2D eigenvalue weighted by atomic mass is 9.76. The highest BCUT2D eigenvalue weighted by atomic mass is 35.5. The Bertz CT molecular complexity index is 2250. The first-order valence-electron chi connectivity index (χ1n) is 20.8. The van der Waals surface area contributed by atoms with Crippen LogP contribution in [0.4, 0.5) is 17.1 Å². The lowest BCUT2D eigenvalue weighted by Gasteiger charge is -2.50. The van der Waals surface area contributed by atoms with Crippen molar-refractivity contribution in [3.63, 3.8) is 0 Å². The first kappa shape index (κ1) is 39.0. The van der Waals surface area contributed by atoms with Crippen LogP contribution in [-0.2, 0) is 9.59 Å². The highest BCUT2D eigenvalue weighted by Crippen LogP contribution is 2.46. The second kappa shape index (κ2) is 15.3. The fourth-order valence-electron chi connectivity index (χ4n) is 10.4. The highest BCUT2D eigenvalue weighted by molar-refractivity contribution is 6.32. The normalized spacial score (nSPS) is 23.7. The Labute approximate surface area is 349 Å². The number of likely N-dealkylation sites (N-methyl/N-ethyl adjacent to an activating group) is 1. The van der Waals surface area contributed by atoms with Crippen molar-refractivity contribution < 1.29 is 24.0 Å². The molecule has 6 heterocycles. The molecule has 6 aliphatic rings. The van der Waals surface area contributed by atoms with Crippen LogP contribution in [0.5, 0.6) is 0 Å². The van der Waals surface area contributed by atoms with Crippen molar-refractivity contribution in [3.8, 4) is 6.07 Å². The molecule has 0 bridgehead atoms. The molecule has 14 heteroatoms. The molecule has 1 spiro atoms. The number of benzene rings is 3. The van der Waals surface area contributed by atoms with Gasteiger partial charge in [0.2, 0.25) is 11.8 Å². The molecule has 6 aliphatic heterocycles. The van der Waals surface area contributed by atoms with Gasteiger partial charge in [0.15, 0.2) is 0 Å². The predicted octanol–water partition coefficient (Wildman–Crippen LogP) is 4.92. The van der Waals surface area contributed by atoms with Crippen LogP contribution in [-0.4, -0.2) is 121 Å². The number of nitrogens with zero attached hydrogens (tertiary/aromatic N) is 7. The number of fused-ring (bicyclic) bond motifs is 1. The number of carbonyl (C=O) groups excluding carboxylic acids is 5. The first-order valence-corrected chi connectivity index (χ1v) is 21.2. The number of nitrogens with one attached hydrogen (secondary N) is 1. The fraction of sp³-hybridized carbons (Fsp3) is 0.467. The molecule has 5 saturated heterocycles. The van der Waals surface area contributed by atoms with Crippen LogP contribution in [0.1, 0.15) is 88.5 Å². The maximum atomic E-state index is 13.6. The number of likely N-dealkylation sites (tertiary alicyclic amines) is 2. The summed E-state index contributed by atoms with van der Waals surface area (Å²) in [4.78, 5) is 76.7. The van der Waals surface area contributed by atoms with Crippen molar-refractivity contribution in [2.75, 3.05) is 67.6 Å². The molecule has 0 aromatic heterocycles. The minimum Gasteiger partial charge on any atom is -0.371 e. The largest absolute Gasteiger partial charge is 0.371 e. The molecule has 2 atom stereocenters. The summed E-state index contributed by atoms with van der Waals surface area (Å²) in [6, 6.07) is 21.4. The first-order chi connectivity index (χ1) is 28.4. The van der Waals surface area contributed by atoms with E-state index in [1.165, 1.54) is 0 Å². The molecule has 1 unspecified atom stereocenters. The Hall–Kier alpha value is -5.45. The van der Waals surface area contributed by atoms with Crippen LogP contribution in [0.3, 0.4) is 0 Å². The molecule has 306 valence electrons. The molecule has 1 N–H and O–H groups in total. The average molecular weight is 817 g/mol. The Morgan fingerprint density at radius 1 is 0.881 bits per heavy atom. The number of piperidine rings is 3. The zero-order valence-electron chi connectivity index (χ0n) is 33.5. The van der Waals surface area contributed by atoms with Crippen molar-refractivity contribution >= 4 is 58.2 Å². The maximum Gasteiger partial charge on any atom is 0.262 e. The van der Waals surface area contributed by atoms with Gasteiger partial charge in [-0.2, -0.15) is 5.26 Å². The zero-order valence-corrected chi connectivity index (χ0v) is 34.3. The van der Waals surface area contributed by atoms with Crippen LogP contribution in [0.15, 0.2) is 60.7 Å². The van der Waals surface area contributed by atoms with E-state index < -0.39 is 29.7 Å². The predicted molar refractivity (Wildman–Crippen MR) is 224 cm³/mol. The van der Waals surface area contributed by atoms with Crippen LogP contribution in [0.25, 0.3) is 0 Å². The summed E-state index contributed by atoms with van der Waals surface area (Å²) in [6.45, 7) is 8.37. The van der Waals surface area contributed by atoms with E-state index in [1.54, 1.807) is 12.1 Å². The lowest BCUT2D eigenvalue weighted by molar-refractivity contribution is -0.136. The van der Waals surface area contributed by atoms with Crippen molar-refractivity contribution in [2.24, 2.45) is 5.41 Å². The van der Waals surface area contributed by atoms with Gasteiger partial charge in [-0.3, -0.25) is 39.1 Å². The van der Waals surface area contributed by atoms with E-state index in [2.05, 4.69) is 50.0 Å². The molecule has 9 rings (SSSR count). The van der Waals surface area contributed by atoms with E-state index in [0.717, 1.165) is 92.4 Å². The van der Waals surface area contributed by atoms with E-state index in [9.17, 15) is 29.2 Å². The summed E-state index contributed by atoms with van der Waals surface area (Å²) in [5, 5.41) is 12.0. The SMILES string of the molecule is C[C@H]1CC2(CCN(c3ccc(C(=O)N4CCC(N5CC(N(C)c6ccc7c(c6)C(=O)N(C6CCC(=O)NC6=O)C7=O)C5)CC4)cc3)CC2)CN1c1ccc(C#N)c(Cl)c1. The maximum absolute atomic E-state index is 13.6. The fourth-order valence-corrected chi connectivity index (χ4v) is 10.6. The molecule has 13 nitrogen and oxygen atoms in total. The molecule has 59 heavy (non-hydrogen) atoms. The Morgan fingerprint density at radius 2 is 1.58 bits per heavy atom. The van der Waals surface area contributed by atoms with Crippen LogP contribution in [0.2, 0.25) is 5.02 Å². The third-order valence-electron chi connectivity index (χ3n) is 14.0. The third-order valence-corrected chi connectivity index (χ3v) is 14.3. The van der Waals surface area contributed by atoms with Gasteiger partial charge in [-0.15, -0.1) is 0 Å². The number of rotatable bonds is 7. The topological polar surface area (TPSA) is 141 Å². The van der Waals surface area contributed by atoms with E-state index >= 15 is 0 Å². The molecule has 0 aliphatic carbocycles. The van der Waals surface area contributed by atoms with Gasteiger partial charge in [0, 0.05) is 94.0 Å². The molecule has 5 amide bonds. The van der Waals surface area contributed by atoms with Crippen LogP contribution < -0.4 is 20.0 Å². The quantitative estimate of drug-likeness (QED) is 0.327. The highest BCUT2D eigenvalue weighted by Gasteiger charge is 2.46. The summed E-state index contributed by atoms with van der Waals surface area (Å²) in [5.74, 6) is -1.94. The summed E-state index contributed by atoms with van der Waals surface area (Å²) in [7, 11) is 2.00. The molecule has 0 radical (unpaired) electrons. The van der Waals surface area contributed by atoms with Gasteiger partial charge in [0.1, 0.15) is 12.1 Å². The number of halogens is 1. The number of carbonyl (C=O) groups is 5. The van der Waals surface area contributed by atoms with Gasteiger partial charge >= 0.3 is 0 Å². The Morgan fingerprint density at radius 3 is 2.25 bits per heavy atom. The molecule has 3 aromatic carbocycles. The van der Waals surface area contributed by atoms with Crippen molar-refractivity contribution in [1.82, 2.24) is 20.0 Å². The number of imide groups is 2. The minimum atomic E-state index is -0.985. The summed E-state index contributed by atoms with van der Waals surface area (Å²) in [5.41, 5.74) is 5.11. The number of anilines is 3. The monoisotopic (exact) mass is 816 g/mol. The van der Waals surface area contributed by atoms with Crippen LogP contribution in [0, 0.1) is 16.7 Å². The van der Waals surface area contributed by atoms with Gasteiger partial charge in [0.05, 0.1) is 27.8 Å². The van der Waals surface area contributed by atoms with E-state index in [1.807, 2.05) is 48.3 Å². The number of amides is 5. The molecule has 5 fully saturated rings. The van der Waals surface area contributed by atoms with Crippen molar-refractivity contribution in [3.05, 3.63) is 87.9 Å².